The Morgan fingerprint density at radius 2 is 2.30 bits per heavy atom. The van der Waals surface area contributed by atoms with Gasteiger partial charge in [-0.3, -0.25) is 4.79 Å². The summed E-state index contributed by atoms with van der Waals surface area (Å²) in [6.45, 7) is 2.28. The highest BCUT2D eigenvalue weighted by Crippen LogP contribution is 2.28. The summed E-state index contributed by atoms with van der Waals surface area (Å²) in [6.07, 6.45) is 2.28. The first-order chi connectivity index (χ1) is 9.65. The third kappa shape index (κ3) is 3.19. The van der Waals surface area contributed by atoms with Gasteiger partial charge in [-0.2, -0.15) is 0 Å². The van der Waals surface area contributed by atoms with E-state index in [1.807, 2.05) is 13.0 Å². The molecule has 1 amide bonds. The Hall–Kier alpha value is -1.82. The van der Waals surface area contributed by atoms with Gasteiger partial charge in [0, 0.05) is 6.42 Å². The van der Waals surface area contributed by atoms with Gasteiger partial charge >= 0.3 is 0 Å². The molecule has 0 aliphatic carbocycles. The summed E-state index contributed by atoms with van der Waals surface area (Å²) in [7, 11) is 1.53. The normalized spacial score (nSPS) is 10.3. The molecule has 0 saturated heterocycles. The molecular formula is C14H15BrN2O3. The number of para-hydroxylation sites is 1. The molecule has 5 nitrogen and oxygen atoms in total. The van der Waals surface area contributed by atoms with E-state index >= 15 is 0 Å². The van der Waals surface area contributed by atoms with Crippen molar-refractivity contribution in [1.82, 2.24) is 10.3 Å². The molecule has 0 aliphatic rings. The van der Waals surface area contributed by atoms with Crippen molar-refractivity contribution >= 4 is 21.8 Å². The lowest BCUT2D eigenvalue weighted by Gasteiger charge is -2.09. The van der Waals surface area contributed by atoms with E-state index in [9.17, 15) is 4.79 Å². The SMILES string of the molecule is CCc1nc(CNC(=O)c2cccc(Br)c2OC)co1. The van der Waals surface area contributed by atoms with Crippen LogP contribution in [-0.4, -0.2) is 18.0 Å². The van der Waals surface area contributed by atoms with Crippen molar-refractivity contribution in [2.24, 2.45) is 0 Å². The van der Waals surface area contributed by atoms with Crippen LogP contribution in [0.15, 0.2) is 33.4 Å². The number of hydrogen-bond acceptors (Lipinski definition) is 4. The molecule has 2 rings (SSSR count). The van der Waals surface area contributed by atoms with Gasteiger partial charge in [0.05, 0.1) is 29.4 Å². The van der Waals surface area contributed by atoms with Crippen LogP contribution in [0.3, 0.4) is 0 Å². The predicted molar refractivity (Wildman–Crippen MR) is 77.7 cm³/mol. The van der Waals surface area contributed by atoms with Crippen molar-refractivity contribution in [1.29, 1.82) is 0 Å². The first-order valence-corrected chi connectivity index (χ1v) is 6.99. The number of hydrogen-bond donors (Lipinski definition) is 1. The maximum Gasteiger partial charge on any atom is 0.255 e. The maximum absolute atomic E-state index is 12.2. The lowest BCUT2D eigenvalue weighted by Crippen LogP contribution is -2.23. The molecule has 20 heavy (non-hydrogen) atoms. The van der Waals surface area contributed by atoms with Gasteiger partial charge in [-0.15, -0.1) is 0 Å². The van der Waals surface area contributed by atoms with Crippen LogP contribution < -0.4 is 10.1 Å². The van der Waals surface area contributed by atoms with Crippen LogP contribution in [-0.2, 0) is 13.0 Å². The lowest BCUT2D eigenvalue weighted by molar-refractivity contribution is 0.0947. The zero-order chi connectivity index (χ0) is 14.5. The summed E-state index contributed by atoms with van der Waals surface area (Å²) < 4.78 is 11.2. The fourth-order valence-corrected chi connectivity index (χ4v) is 2.28. The number of nitrogens with one attached hydrogen (secondary N) is 1. The number of aromatic nitrogens is 1. The van der Waals surface area contributed by atoms with E-state index in [0.29, 0.717) is 29.4 Å². The molecule has 0 aliphatic heterocycles. The van der Waals surface area contributed by atoms with E-state index in [1.54, 1.807) is 18.4 Å². The minimum absolute atomic E-state index is 0.218. The van der Waals surface area contributed by atoms with Crippen molar-refractivity contribution < 1.29 is 13.9 Å². The minimum Gasteiger partial charge on any atom is -0.495 e. The van der Waals surface area contributed by atoms with Gasteiger partial charge in [0.1, 0.15) is 12.0 Å². The second kappa shape index (κ2) is 6.56. The summed E-state index contributed by atoms with van der Waals surface area (Å²) >= 11 is 3.35. The summed E-state index contributed by atoms with van der Waals surface area (Å²) in [5, 5.41) is 2.79. The van der Waals surface area contributed by atoms with Crippen LogP contribution in [0, 0.1) is 0 Å². The monoisotopic (exact) mass is 338 g/mol. The number of ether oxygens (including phenoxy) is 1. The van der Waals surface area contributed by atoms with Crippen molar-refractivity contribution in [2.45, 2.75) is 19.9 Å². The highest BCUT2D eigenvalue weighted by atomic mass is 79.9. The number of oxazole rings is 1. The Labute approximate surface area is 125 Å². The Morgan fingerprint density at radius 3 is 2.95 bits per heavy atom. The first kappa shape index (κ1) is 14.6. The van der Waals surface area contributed by atoms with Crippen molar-refractivity contribution in [3.05, 3.63) is 46.1 Å². The van der Waals surface area contributed by atoms with E-state index in [0.717, 1.165) is 10.9 Å². The fraction of sp³-hybridized carbons (Fsp3) is 0.286. The van der Waals surface area contributed by atoms with E-state index in [-0.39, 0.29) is 5.91 Å². The molecule has 0 bridgehead atoms. The standard InChI is InChI=1S/C14H15BrN2O3/c1-3-12-17-9(8-20-12)7-16-14(18)10-5-4-6-11(15)13(10)19-2/h4-6,8H,3,7H2,1-2H3,(H,16,18). The Morgan fingerprint density at radius 1 is 1.50 bits per heavy atom. The Kier molecular flexibility index (Phi) is 4.79. The number of carbonyl (C=O) groups is 1. The van der Waals surface area contributed by atoms with Crippen LogP contribution in [0.2, 0.25) is 0 Å². The average Bonchev–Trinajstić information content (AvgIpc) is 2.92. The zero-order valence-corrected chi connectivity index (χ0v) is 12.9. The Bertz CT molecular complexity index is 610. The van der Waals surface area contributed by atoms with Gasteiger partial charge in [-0.25, -0.2) is 4.98 Å². The van der Waals surface area contributed by atoms with E-state index < -0.39 is 0 Å². The third-order valence-corrected chi connectivity index (χ3v) is 3.37. The van der Waals surface area contributed by atoms with Crippen molar-refractivity contribution in [2.75, 3.05) is 7.11 Å². The minimum atomic E-state index is -0.218. The molecule has 0 atom stereocenters. The maximum atomic E-state index is 12.2. The van der Waals surface area contributed by atoms with E-state index in [2.05, 4.69) is 26.2 Å². The molecule has 1 aromatic heterocycles. The number of aryl methyl sites for hydroxylation is 1. The first-order valence-electron chi connectivity index (χ1n) is 6.19. The van der Waals surface area contributed by atoms with Crippen LogP contribution >= 0.6 is 15.9 Å². The number of methoxy groups -OCH3 is 1. The van der Waals surface area contributed by atoms with Crippen LogP contribution in [0.25, 0.3) is 0 Å². The molecular weight excluding hydrogens is 324 g/mol. The molecule has 106 valence electrons. The second-order valence-electron chi connectivity index (χ2n) is 4.09. The molecule has 2 aromatic rings. The molecule has 1 heterocycles. The lowest BCUT2D eigenvalue weighted by atomic mass is 10.2. The molecule has 0 radical (unpaired) electrons. The number of benzene rings is 1. The zero-order valence-electron chi connectivity index (χ0n) is 11.3. The van der Waals surface area contributed by atoms with E-state index in [4.69, 9.17) is 9.15 Å². The second-order valence-corrected chi connectivity index (χ2v) is 4.94. The fourth-order valence-electron chi connectivity index (χ4n) is 1.75. The summed E-state index contributed by atoms with van der Waals surface area (Å²) in [4.78, 5) is 16.4. The van der Waals surface area contributed by atoms with Crippen molar-refractivity contribution in [3.63, 3.8) is 0 Å². The summed E-state index contributed by atoms with van der Waals surface area (Å²) in [6, 6.07) is 5.31. The van der Waals surface area contributed by atoms with Crippen LogP contribution in [0.4, 0.5) is 0 Å². The Balaban J connectivity index is 2.07. The topological polar surface area (TPSA) is 64.4 Å². The molecule has 1 aromatic carbocycles. The molecule has 0 spiro atoms. The van der Waals surface area contributed by atoms with Gasteiger partial charge in [0.25, 0.3) is 5.91 Å². The highest BCUT2D eigenvalue weighted by Gasteiger charge is 2.14. The smallest absolute Gasteiger partial charge is 0.255 e. The number of carbonyl (C=O) groups excluding carboxylic acids is 1. The number of rotatable bonds is 5. The van der Waals surface area contributed by atoms with Gasteiger partial charge in [0.15, 0.2) is 5.89 Å². The highest BCUT2D eigenvalue weighted by molar-refractivity contribution is 9.10. The molecule has 0 unspecified atom stereocenters. The molecule has 0 fully saturated rings. The van der Waals surface area contributed by atoms with Gasteiger partial charge in [0.2, 0.25) is 0 Å². The third-order valence-electron chi connectivity index (χ3n) is 2.75. The quantitative estimate of drug-likeness (QED) is 0.910. The molecule has 0 saturated carbocycles. The number of halogens is 1. The van der Waals surface area contributed by atoms with Crippen molar-refractivity contribution in [3.8, 4) is 5.75 Å². The van der Waals surface area contributed by atoms with Crippen LogP contribution in [0.5, 0.6) is 5.75 Å². The molecule has 1 N–H and O–H groups in total. The van der Waals surface area contributed by atoms with Gasteiger partial charge in [-0.05, 0) is 28.1 Å². The predicted octanol–water partition coefficient (Wildman–Crippen LogP) is 2.94. The average molecular weight is 339 g/mol. The molecule has 6 heteroatoms. The summed E-state index contributed by atoms with van der Waals surface area (Å²) in [5.41, 5.74) is 1.17. The van der Waals surface area contributed by atoms with E-state index in [1.165, 1.54) is 7.11 Å². The van der Waals surface area contributed by atoms with Gasteiger partial charge < -0.3 is 14.5 Å². The number of nitrogens with zero attached hydrogens (tertiary/aromatic N) is 1. The number of amides is 1. The largest absolute Gasteiger partial charge is 0.495 e. The van der Waals surface area contributed by atoms with Crippen LogP contribution in [0.1, 0.15) is 28.9 Å². The van der Waals surface area contributed by atoms with Gasteiger partial charge in [-0.1, -0.05) is 13.0 Å². The summed E-state index contributed by atoms with van der Waals surface area (Å²) in [5.74, 6) is 0.956.